The van der Waals surface area contributed by atoms with Crippen LogP contribution in [0.25, 0.3) is 0 Å². The van der Waals surface area contributed by atoms with E-state index < -0.39 is 0 Å². The van der Waals surface area contributed by atoms with E-state index in [-0.39, 0.29) is 11.6 Å². The number of carbonyl (C=O) groups excluding carboxylic acids is 1. The number of hydrogen-bond acceptors (Lipinski definition) is 2. The van der Waals surface area contributed by atoms with Crippen LogP contribution in [0.1, 0.15) is 18.9 Å². The molecule has 0 saturated carbocycles. The molecular formula is C12H16N2O. The zero-order chi connectivity index (χ0) is 11.1. The zero-order valence-electron chi connectivity index (χ0n) is 8.92. The summed E-state index contributed by atoms with van der Waals surface area (Å²) in [6, 6.07) is 10.2. The van der Waals surface area contributed by atoms with Crippen LogP contribution in [0.15, 0.2) is 30.3 Å². The second-order valence-corrected chi connectivity index (χ2v) is 3.47. The number of nitrogens with one attached hydrogen (secondary N) is 2. The van der Waals surface area contributed by atoms with Crippen LogP contribution in [-0.4, -0.2) is 18.2 Å². The van der Waals surface area contributed by atoms with Crippen LogP contribution in [0.3, 0.4) is 0 Å². The van der Waals surface area contributed by atoms with E-state index in [0.29, 0.717) is 6.54 Å². The fourth-order valence-electron chi connectivity index (χ4n) is 1.27. The van der Waals surface area contributed by atoms with Crippen LogP contribution in [0.4, 0.5) is 0 Å². The Morgan fingerprint density at radius 2 is 2.00 bits per heavy atom. The highest BCUT2D eigenvalue weighted by Crippen LogP contribution is 2.01. The summed E-state index contributed by atoms with van der Waals surface area (Å²) in [6.45, 7) is 2.12. The normalized spacial score (nSPS) is 9.67. The van der Waals surface area contributed by atoms with Crippen molar-refractivity contribution in [2.45, 2.75) is 19.8 Å². The topological polar surface area (TPSA) is 53.0 Å². The van der Waals surface area contributed by atoms with Crippen LogP contribution in [0.5, 0.6) is 0 Å². The second-order valence-electron chi connectivity index (χ2n) is 3.47. The monoisotopic (exact) mass is 204 g/mol. The zero-order valence-corrected chi connectivity index (χ0v) is 8.92. The van der Waals surface area contributed by atoms with Crippen molar-refractivity contribution >= 4 is 11.6 Å². The van der Waals surface area contributed by atoms with E-state index in [4.69, 9.17) is 5.41 Å². The van der Waals surface area contributed by atoms with E-state index in [2.05, 4.69) is 17.4 Å². The summed E-state index contributed by atoms with van der Waals surface area (Å²) in [5.74, 6) is -0.275. The van der Waals surface area contributed by atoms with Gasteiger partial charge in [0.05, 0.1) is 5.71 Å². The summed E-state index contributed by atoms with van der Waals surface area (Å²) in [7, 11) is 0. The number of amides is 1. The molecule has 0 unspecified atom stereocenters. The first-order chi connectivity index (χ1) is 7.20. The van der Waals surface area contributed by atoms with Crippen LogP contribution < -0.4 is 5.32 Å². The van der Waals surface area contributed by atoms with E-state index in [1.165, 1.54) is 12.5 Å². The van der Waals surface area contributed by atoms with Gasteiger partial charge in [-0.3, -0.25) is 10.2 Å². The van der Waals surface area contributed by atoms with Crippen molar-refractivity contribution in [1.82, 2.24) is 5.32 Å². The Balaban J connectivity index is 2.18. The lowest BCUT2D eigenvalue weighted by Crippen LogP contribution is -2.29. The number of rotatable bonds is 5. The highest BCUT2D eigenvalue weighted by molar-refractivity contribution is 6.36. The van der Waals surface area contributed by atoms with Gasteiger partial charge >= 0.3 is 0 Å². The van der Waals surface area contributed by atoms with Crippen LogP contribution in [0.2, 0.25) is 0 Å². The molecule has 0 aliphatic rings. The third-order valence-electron chi connectivity index (χ3n) is 2.11. The fourth-order valence-corrected chi connectivity index (χ4v) is 1.27. The van der Waals surface area contributed by atoms with E-state index in [1.807, 2.05) is 18.2 Å². The molecule has 2 N–H and O–H groups in total. The number of hydrogen-bond donors (Lipinski definition) is 2. The SMILES string of the molecule is CC(=N)C(=O)NCCCc1ccccc1. The summed E-state index contributed by atoms with van der Waals surface area (Å²) >= 11 is 0. The lowest BCUT2D eigenvalue weighted by Gasteiger charge is -2.03. The minimum atomic E-state index is -0.275. The predicted octanol–water partition coefficient (Wildman–Crippen LogP) is 1.78. The van der Waals surface area contributed by atoms with Crippen molar-refractivity contribution in [2.24, 2.45) is 0 Å². The van der Waals surface area contributed by atoms with Gasteiger partial charge < -0.3 is 5.32 Å². The largest absolute Gasteiger partial charge is 0.351 e. The number of aryl methyl sites for hydroxylation is 1. The number of benzene rings is 1. The molecule has 1 amide bonds. The molecule has 1 rings (SSSR count). The first-order valence-corrected chi connectivity index (χ1v) is 5.07. The van der Waals surface area contributed by atoms with Gasteiger partial charge in [0.25, 0.3) is 5.91 Å². The van der Waals surface area contributed by atoms with Gasteiger partial charge in [0.15, 0.2) is 0 Å². The molecule has 1 aromatic rings. The summed E-state index contributed by atoms with van der Waals surface area (Å²) < 4.78 is 0. The Bertz CT molecular complexity index is 333. The van der Waals surface area contributed by atoms with Gasteiger partial charge in [-0.15, -0.1) is 0 Å². The average Bonchev–Trinajstić information content (AvgIpc) is 2.25. The standard InChI is InChI=1S/C12H16N2O/c1-10(13)12(15)14-9-5-8-11-6-3-2-4-7-11/h2-4,6-7,13H,5,8-9H2,1H3,(H,14,15). The van der Waals surface area contributed by atoms with Crippen molar-refractivity contribution in [3.8, 4) is 0 Å². The summed E-state index contributed by atoms with van der Waals surface area (Å²) in [5.41, 5.74) is 1.34. The van der Waals surface area contributed by atoms with Gasteiger partial charge in [-0.05, 0) is 25.3 Å². The van der Waals surface area contributed by atoms with E-state index in [9.17, 15) is 4.79 Å². The first-order valence-electron chi connectivity index (χ1n) is 5.07. The van der Waals surface area contributed by atoms with Crippen molar-refractivity contribution in [1.29, 1.82) is 5.41 Å². The van der Waals surface area contributed by atoms with Crippen LogP contribution in [-0.2, 0) is 11.2 Å². The van der Waals surface area contributed by atoms with Crippen molar-refractivity contribution in [2.75, 3.05) is 6.54 Å². The lowest BCUT2D eigenvalue weighted by atomic mass is 10.1. The van der Waals surface area contributed by atoms with E-state index in [0.717, 1.165) is 12.8 Å². The molecule has 3 heteroatoms. The fraction of sp³-hybridized carbons (Fsp3) is 0.333. The van der Waals surface area contributed by atoms with Gasteiger partial charge in [0.2, 0.25) is 0 Å². The molecule has 0 aromatic heterocycles. The molecule has 80 valence electrons. The molecule has 1 aromatic carbocycles. The highest BCUT2D eigenvalue weighted by atomic mass is 16.1. The maximum Gasteiger partial charge on any atom is 0.264 e. The molecule has 15 heavy (non-hydrogen) atoms. The smallest absolute Gasteiger partial charge is 0.264 e. The van der Waals surface area contributed by atoms with Crippen molar-refractivity contribution in [3.05, 3.63) is 35.9 Å². The molecule has 0 heterocycles. The Morgan fingerprint density at radius 3 is 2.60 bits per heavy atom. The molecular weight excluding hydrogens is 188 g/mol. The highest BCUT2D eigenvalue weighted by Gasteiger charge is 2.01. The van der Waals surface area contributed by atoms with E-state index >= 15 is 0 Å². The minimum absolute atomic E-state index is 0.0645. The lowest BCUT2D eigenvalue weighted by molar-refractivity contribution is -0.114. The van der Waals surface area contributed by atoms with E-state index in [1.54, 1.807) is 0 Å². The molecule has 0 fully saturated rings. The van der Waals surface area contributed by atoms with Crippen molar-refractivity contribution in [3.63, 3.8) is 0 Å². The summed E-state index contributed by atoms with van der Waals surface area (Å²) in [5, 5.41) is 9.78. The maximum atomic E-state index is 11.0. The number of carbonyl (C=O) groups is 1. The Kier molecular flexibility index (Phi) is 4.54. The third kappa shape index (κ3) is 4.40. The summed E-state index contributed by atoms with van der Waals surface area (Å²) in [4.78, 5) is 11.0. The minimum Gasteiger partial charge on any atom is -0.351 e. The molecule has 0 atom stereocenters. The predicted molar refractivity (Wildman–Crippen MR) is 61.2 cm³/mol. The second kappa shape index (κ2) is 5.96. The van der Waals surface area contributed by atoms with Gasteiger partial charge in [0.1, 0.15) is 0 Å². The maximum absolute atomic E-state index is 11.0. The molecule has 0 bridgehead atoms. The van der Waals surface area contributed by atoms with Gasteiger partial charge in [-0.2, -0.15) is 0 Å². The molecule has 0 aliphatic carbocycles. The Morgan fingerprint density at radius 1 is 1.33 bits per heavy atom. The van der Waals surface area contributed by atoms with Crippen molar-refractivity contribution < 1.29 is 4.79 Å². The van der Waals surface area contributed by atoms with Crippen LogP contribution >= 0.6 is 0 Å². The molecule has 0 radical (unpaired) electrons. The summed E-state index contributed by atoms with van der Waals surface area (Å²) in [6.07, 6.45) is 1.86. The van der Waals surface area contributed by atoms with Gasteiger partial charge in [-0.25, -0.2) is 0 Å². The first kappa shape index (κ1) is 11.4. The van der Waals surface area contributed by atoms with Crippen LogP contribution in [0, 0.1) is 5.41 Å². The quantitative estimate of drug-likeness (QED) is 0.557. The molecule has 3 nitrogen and oxygen atoms in total. The average molecular weight is 204 g/mol. The Labute approximate surface area is 90.0 Å². The Hall–Kier alpha value is -1.64. The molecule has 0 aliphatic heterocycles. The van der Waals surface area contributed by atoms with Gasteiger partial charge in [0, 0.05) is 6.54 Å². The molecule has 0 saturated heterocycles. The van der Waals surface area contributed by atoms with Gasteiger partial charge in [-0.1, -0.05) is 30.3 Å². The molecule has 0 spiro atoms. The third-order valence-corrected chi connectivity index (χ3v) is 2.11.